The number of ether oxygens (including phenoxy) is 1. The number of aromatic nitrogens is 4. The summed E-state index contributed by atoms with van der Waals surface area (Å²) in [5.41, 5.74) is 0.943. The molecule has 4 aromatic rings. The maximum atomic E-state index is 14.0. The lowest BCUT2D eigenvalue weighted by Crippen LogP contribution is -2.25. The topological polar surface area (TPSA) is 105 Å². The fourth-order valence-corrected chi connectivity index (χ4v) is 3.71. The molecule has 2 aromatic carbocycles. The van der Waals surface area contributed by atoms with Crippen LogP contribution in [0.3, 0.4) is 0 Å². The van der Waals surface area contributed by atoms with E-state index in [1.807, 2.05) is 38.1 Å². The summed E-state index contributed by atoms with van der Waals surface area (Å²) < 4.78 is 22.3. The quantitative estimate of drug-likeness (QED) is 0.336. The summed E-state index contributed by atoms with van der Waals surface area (Å²) in [5, 5.41) is 11.1. The molecular formula is C22H20FN5O4. The van der Waals surface area contributed by atoms with Crippen LogP contribution in [0.5, 0.6) is 5.75 Å². The Hall–Kier alpha value is -4.08. The summed E-state index contributed by atoms with van der Waals surface area (Å²) in [5.74, 6) is -0.171. The Morgan fingerprint density at radius 2 is 1.91 bits per heavy atom. The molecule has 10 heteroatoms. The van der Waals surface area contributed by atoms with Crippen molar-refractivity contribution >= 4 is 16.7 Å². The van der Waals surface area contributed by atoms with Crippen molar-refractivity contribution < 1.29 is 14.1 Å². The largest absolute Gasteiger partial charge is 0.496 e. The van der Waals surface area contributed by atoms with Crippen LogP contribution in [0.1, 0.15) is 31.3 Å². The lowest BCUT2D eigenvalue weighted by atomic mass is 10.1. The summed E-state index contributed by atoms with van der Waals surface area (Å²) >= 11 is 0. The number of halogens is 1. The average molecular weight is 437 g/mol. The molecule has 0 aliphatic rings. The lowest BCUT2D eigenvalue weighted by molar-refractivity contribution is -0.387. The van der Waals surface area contributed by atoms with Gasteiger partial charge in [0.05, 0.1) is 23.1 Å². The van der Waals surface area contributed by atoms with Gasteiger partial charge in [0.15, 0.2) is 0 Å². The smallest absolute Gasteiger partial charge is 0.335 e. The number of nitrogens with zero attached hydrogens (tertiary/aromatic N) is 5. The van der Waals surface area contributed by atoms with E-state index in [1.165, 1.54) is 17.9 Å². The molecule has 0 radical (unpaired) electrons. The maximum absolute atomic E-state index is 14.0. The van der Waals surface area contributed by atoms with Gasteiger partial charge in [-0.1, -0.05) is 12.1 Å². The fraction of sp³-hybridized carbons (Fsp3) is 0.227. The van der Waals surface area contributed by atoms with Gasteiger partial charge in [0.1, 0.15) is 17.4 Å². The molecule has 0 amide bonds. The Bertz CT molecular complexity index is 1390. The number of rotatable bonds is 6. The second-order valence-electron chi connectivity index (χ2n) is 7.45. The van der Waals surface area contributed by atoms with Gasteiger partial charge in [-0.2, -0.15) is 4.39 Å². The third-order valence-electron chi connectivity index (χ3n) is 5.11. The Balaban J connectivity index is 1.82. The number of hydrogen-bond donors (Lipinski definition) is 0. The van der Waals surface area contributed by atoms with Crippen molar-refractivity contribution in [1.29, 1.82) is 0 Å². The van der Waals surface area contributed by atoms with E-state index < -0.39 is 16.4 Å². The zero-order valence-electron chi connectivity index (χ0n) is 17.7. The van der Waals surface area contributed by atoms with Gasteiger partial charge in [-0.15, -0.1) is 0 Å². The molecular weight excluding hydrogens is 417 g/mol. The first-order chi connectivity index (χ1) is 15.3. The zero-order chi connectivity index (χ0) is 23.0. The summed E-state index contributed by atoms with van der Waals surface area (Å²) in [7, 11) is 1.35. The van der Waals surface area contributed by atoms with Gasteiger partial charge in [-0.3, -0.25) is 14.7 Å². The number of nitro benzene ring substituents is 1. The lowest BCUT2D eigenvalue weighted by Gasteiger charge is -2.09. The number of hydrogen-bond acceptors (Lipinski definition) is 6. The van der Waals surface area contributed by atoms with Crippen LogP contribution in [-0.4, -0.2) is 31.1 Å². The second kappa shape index (κ2) is 8.22. The molecule has 32 heavy (non-hydrogen) atoms. The first kappa shape index (κ1) is 21.2. The summed E-state index contributed by atoms with van der Waals surface area (Å²) in [6, 6.07) is 11.1. The van der Waals surface area contributed by atoms with Gasteiger partial charge < -0.3 is 4.74 Å². The first-order valence-corrected chi connectivity index (χ1v) is 9.87. The highest BCUT2D eigenvalue weighted by Gasteiger charge is 2.21. The van der Waals surface area contributed by atoms with E-state index in [-0.39, 0.29) is 23.9 Å². The summed E-state index contributed by atoms with van der Waals surface area (Å²) in [4.78, 5) is 32.3. The van der Waals surface area contributed by atoms with Crippen LogP contribution in [0.4, 0.5) is 10.1 Å². The molecule has 0 bridgehead atoms. The van der Waals surface area contributed by atoms with Crippen molar-refractivity contribution in [2.24, 2.45) is 0 Å². The van der Waals surface area contributed by atoms with Gasteiger partial charge in [0, 0.05) is 36.4 Å². The van der Waals surface area contributed by atoms with E-state index in [0.717, 1.165) is 17.6 Å². The molecule has 4 rings (SSSR count). The number of benzene rings is 2. The minimum Gasteiger partial charge on any atom is -0.496 e. The highest BCUT2D eigenvalue weighted by Crippen LogP contribution is 2.29. The molecule has 0 spiro atoms. The fourth-order valence-electron chi connectivity index (χ4n) is 3.71. The second-order valence-corrected chi connectivity index (χ2v) is 7.45. The Kier molecular flexibility index (Phi) is 5.43. The van der Waals surface area contributed by atoms with Crippen LogP contribution in [0.25, 0.3) is 16.9 Å². The standard InChI is InChI=1S/C22H20FN5O4/c1-13(2)26-16-6-4-5-7-17(16)27(22(26)29)21-8-9-24-20(25-21)11-14-10-18(28(30)31)15(23)12-19(14)32-3/h4-10,12-13H,11H2,1-3H3. The zero-order valence-corrected chi connectivity index (χ0v) is 17.7. The van der Waals surface area contributed by atoms with Crippen molar-refractivity contribution in [2.45, 2.75) is 26.3 Å². The molecule has 2 aromatic heterocycles. The molecule has 9 nitrogen and oxygen atoms in total. The van der Waals surface area contributed by atoms with Crippen LogP contribution in [0.15, 0.2) is 53.5 Å². The SMILES string of the molecule is COc1cc(F)c([N+](=O)[O-])cc1Cc1nccc(-n2c(=O)n(C(C)C)c3ccccc32)n1. The Morgan fingerprint density at radius 3 is 2.56 bits per heavy atom. The molecule has 0 aliphatic heterocycles. The van der Waals surface area contributed by atoms with Crippen LogP contribution in [0.2, 0.25) is 0 Å². The minimum atomic E-state index is -0.988. The summed E-state index contributed by atoms with van der Waals surface area (Å²) in [6.07, 6.45) is 1.56. The van der Waals surface area contributed by atoms with E-state index in [0.29, 0.717) is 22.7 Å². The number of fused-ring (bicyclic) bond motifs is 1. The molecule has 0 saturated heterocycles. The maximum Gasteiger partial charge on any atom is 0.335 e. The van der Waals surface area contributed by atoms with Gasteiger partial charge >= 0.3 is 11.4 Å². The van der Waals surface area contributed by atoms with Crippen LogP contribution in [-0.2, 0) is 6.42 Å². The van der Waals surface area contributed by atoms with Crippen molar-refractivity contribution in [3.05, 3.63) is 86.5 Å². The van der Waals surface area contributed by atoms with Crippen LogP contribution < -0.4 is 10.4 Å². The number of imidazole rings is 1. The molecule has 164 valence electrons. The van der Waals surface area contributed by atoms with Gasteiger partial charge in [0.2, 0.25) is 5.82 Å². The van der Waals surface area contributed by atoms with E-state index in [1.54, 1.807) is 10.6 Å². The van der Waals surface area contributed by atoms with E-state index in [2.05, 4.69) is 9.97 Å². The molecule has 0 fully saturated rings. The third kappa shape index (κ3) is 3.59. The molecule has 0 atom stereocenters. The predicted octanol–water partition coefficient (Wildman–Crippen LogP) is 3.81. The van der Waals surface area contributed by atoms with Crippen LogP contribution >= 0.6 is 0 Å². The summed E-state index contributed by atoms with van der Waals surface area (Å²) in [6.45, 7) is 3.86. The van der Waals surface area contributed by atoms with Crippen molar-refractivity contribution in [2.75, 3.05) is 7.11 Å². The third-order valence-corrected chi connectivity index (χ3v) is 5.11. The molecule has 0 aliphatic carbocycles. The average Bonchev–Trinajstić information content (AvgIpc) is 3.06. The van der Waals surface area contributed by atoms with Gasteiger partial charge in [0.25, 0.3) is 0 Å². The molecule has 0 saturated carbocycles. The van der Waals surface area contributed by atoms with Crippen molar-refractivity contribution in [3.8, 4) is 11.6 Å². The van der Waals surface area contributed by atoms with Gasteiger partial charge in [-0.05, 0) is 32.0 Å². The van der Waals surface area contributed by atoms with E-state index >= 15 is 0 Å². The van der Waals surface area contributed by atoms with Gasteiger partial charge in [-0.25, -0.2) is 19.3 Å². The highest BCUT2D eigenvalue weighted by atomic mass is 19.1. The highest BCUT2D eigenvalue weighted by molar-refractivity contribution is 5.77. The van der Waals surface area contributed by atoms with Crippen LogP contribution in [0, 0.1) is 15.9 Å². The number of nitro groups is 1. The molecule has 0 unspecified atom stereocenters. The van der Waals surface area contributed by atoms with Crippen molar-refractivity contribution in [1.82, 2.24) is 19.1 Å². The number of methoxy groups -OCH3 is 1. The van der Waals surface area contributed by atoms with E-state index in [4.69, 9.17) is 4.74 Å². The molecule has 0 N–H and O–H groups in total. The van der Waals surface area contributed by atoms with E-state index in [9.17, 15) is 19.3 Å². The Labute approximate surface area is 181 Å². The monoisotopic (exact) mass is 437 g/mol. The first-order valence-electron chi connectivity index (χ1n) is 9.87. The molecule has 2 heterocycles. The minimum absolute atomic E-state index is 0.0513. The van der Waals surface area contributed by atoms with Crippen molar-refractivity contribution in [3.63, 3.8) is 0 Å². The Morgan fingerprint density at radius 1 is 1.19 bits per heavy atom. The predicted molar refractivity (Wildman–Crippen MR) is 116 cm³/mol. The number of para-hydroxylation sites is 2. The normalized spacial score (nSPS) is 11.3.